The number of furan rings is 1. The predicted molar refractivity (Wildman–Crippen MR) is 124 cm³/mol. The Labute approximate surface area is 205 Å². The Hall–Kier alpha value is -3.75. The van der Waals surface area contributed by atoms with Gasteiger partial charge in [0.2, 0.25) is 11.8 Å². The van der Waals surface area contributed by atoms with Gasteiger partial charge in [0, 0.05) is 5.39 Å². The molecule has 0 spiro atoms. The number of hydrogen-bond acceptors (Lipinski definition) is 4. The molecule has 0 atom stereocenters. The molecule has 0 amide bonds. The van der Waals surface area contributed by atoms with Gasteiger partial charge in [0.25, 0.3) is 0 Å². The molecule has 0 saturated heterocycles. The van der Waals surface area contributed by atoms with Gasteiger partial charge in [-0.1, -0.05) is 47.9 Å². The van der Waals surface area contributed by atoms with Gasteiger partial charge in [-0.25, -0.2) is 0 Å². The van der Waals surface area contributed by atoms with E-state index in [1.165, 1.54) is 0 Å². The van der Waals surface area contributed by atoms with Crippen molar-refractivity contribution < 1.29 is 30.2 Å². The fourth-order valence-electron chi connectivity index (χ4n) is 3.72. The summed E-state index contributed by atoms with van der Waals surface area (Å²) in [6.45, 7) is 0. The summed E-state index contributed by atoms with van der Waals surface area (Å²) in [5, 5.41) is 2.11. The molecule has 0 aliphatic heterocycles. The average molecular weight is 608 g/mol. The summed E-state index contributed by atoms with van der Waals surface area (Å²) in [5.74, 6) is 0.944. The predicted octanol–water partition coefficient (Wildman–Crippen LogP) is 7.10. The summed E-state index contributed by atoms with van der Waals surface area (Å²) < 4.78 is 11.9. The van der Waals surface area contributed by atoms with Crippen LogP contribution in [0.2, 0.25) is 0 Å². The molecule has 6 rings (SSSR count). The number of fused-ring (bicyclic) bond motifs is 3. The number of nitrogens with zero attached hydrogens (tertiary/aromatic N) is 2. The number of rotatable bonds is 4. The normalized spacial score (nSPS) is 10.8. The molecule has 0 unspecified atom stereocenters. The first kappa shape index (κ1) is 21.1. The van der Waals surface area contributed by atoms with Crippen LogP contribution in [-0.4, -0.2) is 9.97 Å². The van der Waals surface area contributed by atoms with E-state index in [9.17, 15) is 0 Å². The Morgan fingerprint density at radius 2 is 1.36 bits per heavy atom. The smallest absolute Gasteiger partial charge is 0.500 e. The Bertz CT molecular complexity index is 1560. The van der Waals surface area contributed by atoms with Gasteiger partial charge in [-0.3, -0.25) is 9.97 Å². The zero-order valence-electron chi connectivity index (χ0n) is 17.3. The molecule has 3 aromatic heterocycles. The number of benzene rings is 3. The molecule has 0 bridgehead atoms. The molecule has 3 heterocycles. The summed E-state index contributed by atoms with van der Waals surface area (Å²) in [5.41, 5.74) is 5.01. The minimum atomic E-state index is 0. The fourth-order valence-corrected chi connectivity index (χ4v) is 3.72. The van der Waals surface area contributed by atoms with E-state index in [4.69, 9.17) is 9.15 Å². The van der Waals surface area contributed by atoms with Crippen LogP contribution in [0.1, 0.15) is 0 Å². The molecule has 160 valence electrons. The van der Waals surface area contributed by atoms with Crippen LogP contribution in [0.25, 0.3) is 44.5 Å². The number of para-hydroxylation sites is 1. The molecular weight excluding hydrogens is 591 g/mol. The van der Waals surface area contributed by atoms with E-state index >= 15 is 0 Å². The van der Waals surface area contributed by atoms with E-state index in [1.807, 2.05) is 84.9 Å². The molecule has 0 saturated carbocycles. The Balaban J connectivity index is 0.00000228. The van der Waals surface area contributed by atoms with E-state index in [0.29, 0.717) is 11.8 Å². The van der Waals surface area contributed by atoms with Crippen molar-refractivity contribution in [3.05, 3.63) is 109 Å². The van der Waals surface area contributed by atoms with Crippen molar-refractivity contribution in [2.75, 3.05) is 0 Å². The number of hydrogen-bond donors (Lipinski definition) is 0. The fraction of sp³-hybridized carbons (Fsp3) is 0. The molecule has 0 fully saturated rings. The minimum absolute atomic E-state index is 0. The van der Waals surface area contributed by atoms with Crippen LogP contribution in [0.3, 0.4) is 0 Å². The third-order valence-electron chi connectivity index (χ3n) is 5.23. The maximum absolute atomic E-state index is 5.98. The molecule has 33 heavy (non-hydrogen) atoms. The molecule has 3 aromatic carbocycles. The summed E-state index contributed by atoms with van der Waals surface area (Å²) in [7, 11) is 0. The van der Waals surface area contributed by atoms with Crippen LogP contribution in [0.15, 0.2) is 101 Å². The van der Waals surface area contributed by atoms with Gasteiger partial charge < -0.3 is 9.15 Å². The zero-order chi connectivity index (χ0) is 21.3. The van der Waals surface area contributed by atoms with Crippen LogP contribution in [0.4, 0.5) is 0 Å². The van der Waals surface area contributed by atoms with E-state index in [1.54, 1.807) is 0 Å². The molecular formula is C28H16N2O2Pt. The van der Waals surface area contributed by atoms with Crippen molar-refractivity contribution in [3.8, 4) is 34.3 Å². The third kappa shape index (κ3) is 4.18. The van der Waals surface area contributed by atoms with E-state index in [2.05, 4.69) is 34.2 Å². The van der Waals surface area contributed by atoms with Crippen molar-refractivity contribution in [1.82, 2.24) is 9.97 Å². The SMILES string of the molecule is [Pt+2].[c-]1ccccc1-c1cccc(Oc2cccc(-c3[c-]cc4oc5ccccc5c4c3)n2)n1. The Kier molecular flexibility index (Phi) is 5.76. The van der Waals surface area contributed by atoms with Crippen LogP contribution in [0, 0.1) is 12.1 Å². The largest absolute Gasteiger partial charge is 2.00 e. The van der Waals surface area contributed by atoms with Gasteiger partial charge >= 0.3 is 21.1 Å². The topological polar surface area (TPSA) is 48.2 Å². The summed E-state index contributed by atoms with van der Waals surface area (Å²) in [6, 6.07) is 37.4. The van der Waals surface area contributed by atoms with Gasteiger partial charge in [0.15, 0.2) is 0 Å². The van der Waals surface area contributed by atoms with Crippen LogP contribution in [0.5, 0.6) is 11.8 Å². The second-order valence-electron chi connectivity index (χ2n) is 7.32. The van der Waals surface area contributed by atoms with Crippen molar-refractivity contribution in [2.24, 2.45) is 0 Å². The van der Waals surface area contributed by atoms with Crippen molar-refractivity contribution in [2.45, 2.75) is 0 Å². The van der Waals surface area contributed by atoms with Gasteiger partial charge in [0.1, 0.15) is 5.58 Å². The standard InChI is InChI=1S/C28H16N2O2.Pt/c1-2-8-19(9-3-1)23-11-6-14-27(29-23)32-28-15-7-12-24(30-28)20-16-17-26-22(18-20)21-10-4-5-13-25(21)31-26;/h1-8,10-15,17-18H;/q-2;+2. The van der Waals surface area contributed by atoms with Crippen LogP contribution < -0.4 is 4.74 Å². The Morgan fingerprint density at radius 1 is 0.636 bits per heavy atom. The van der Waals surface area contributed by atoms with E-state index in [-0.39, 0.29) is 21.1 Å². The summed E-state index contributed by atoms with van der Waals surface area (Å²) in [4.78, 5) is 9.28. The van der Waals surface area contributed by atoms with Gasteiger partial charge in [-0.2, -0.15) is 0 Å². The van der Waals surface area contributed by atoms with Crippen molar-refractivity contribution >= 4 is 21.9 Å². The average Bonchev–Trinajstić information content (AvgIpc) is 3.23. The zero-order valence-corrected chi connectivity index (χ0v) is 19.5. The monoisotopic (exact) mass is 607 g/mol. The second-order valence-corrected chi connectivity index (χ2v) is 7.32. The summed E-state index contributed by atoms with van der Waals surface area (Å²) >= 11 is 0. The molecule has 0 aliphatic carbocycles. The van der Waals surface area contributed by atoms with Gasteiger partial charge in [-0.05, 0) is 29.6 Å². The molecule has 0 aliphatic rings. The number of aromatic nitrogens is 2. The number of pyridine rings is 2. The van der Waals surface area contributed by atoms with E-state index < -0.39 is 0 Å². The molecule has 6 aromatic rings. The quantitative estimate of drug-likeness (QED) is 0.201. The molecule has 0 radical (unpaired) electrons. The van der Waals surface area contributed by atoms with Crippen molar-refractivity contribution in [3.63, 3.8) is 0 Å². The first-order chi connectivity index (χ1) is 15.8. The van der Waals surface area contributed by atoms with Crippen LogP contribution in [-0.2, 0) is 21.1 Å². The van der Waals surface area contributed by atoms with Gasteiger partial charge in [0.05, 0.1) is 5.58 Å². The van der Waals surface area contributed by atoms with Crippen molar-refractivity contribution in [1.29, 1.82) is 0 Å². The third-order valence-corrected chi connectivity index (χ3v) is 5.23. The second kappa shape index (κ2) is 9.01. The maximum atomic E-state index is 5.98. The Morgan fingerprint density at radius 3 is 2.12 bits per heavy atom. The first-order valence-electron chi connectivity index (χ1n) is 10.3. The minimum Gasteiger partial charge on any atom is -0.500 e. The van der Waals surface area contributed by atoms with Crippen LogP contribution >= 0.6 is 0 Å². The molecule has 0 N–H and O–H groups in total. The van der Waals surface area contributed by atoms with Gasteiger partial charge in [-0.15, -0.1) is 59.7 Å². The molecule has 5 heteroatoms. The summed E-state index contributed by atoms with van der Waals surface area (Å²) in [6.07, 6.45) is 0. The van der Waals surface area contributed by atoms with E-state index in [0.717, 1.165) is 44.5 Å². The molecule has 4 nitrogen and oxygen atoms in total. The first-order valence-corrected chi connectivity index (χ1v) is 10.3. The maximum Gasteiger partial charge on any atom is 2.00 e. The number of ether oxygens (including phenoxy) is 1.